The van der Waals surface area contributed by atoms with E-state index in [1.54, 1.807) is 0 Å². The van der Waals surface area contributed by atoms with E-state index in [1.165, 1.54) is 12.1 Å². The molecule has 0 unspecified atom stereocenters. The molecule has 0 spiro atoms. The monoisotopic (exact) mass is 126 g/mol. The van der Waals surface area contributed by atoms with E-state index in [4.69, 9.17) is 16.4 Å². The quantitative estimate of drug-likeness (QED) is 0.397. The van der Waals surface area contributed by atoms with E-state index >= 15 is 0 Å². The predicted octanol–water partition coefficient (Wildman–Crippen LogP) is -0.818. The second kappa shape index (κ2) is 1.77. The zero-order valence-electron chi connectivity index (χ0n) is 4.57. The van der Waals surface area contributed by atoms with Crippen LogP contribution in [0.5, 0.6) is 0 Å². The molecule has 9 heavy (non-hydrogen) atoms. The molecule has 0 aliphatic rings. The Hall–Kier alpha value is -1.52. The second-order valence-corrected chi connectivity index (χ2v) is 1.53. The Labute approximate surface area is 50.8 Å². The van der Waals surface area contributed by atoms with Gasteiger partial charge in [-0.05, 0) is 12.1 Å². The maximum Gasteiger partial charge on any atom is 0.182 e. The number of hydrogen-bond acceptors (Lipinski definition) is 4. The van der Waals surface area contributed by atoms with Gasteiger partial charge >= 0.3 is 0 Å². The highest BCUT2D eigenvalue weighted by molar-refractivity contribution is 5.22. The van der Waals surface area contributed by atoms with Crippen LogP contribution in [0.15, 0.2) is 12.1 Å². The van der Waals surface area contributed by atoms with E-state index in [0.717, 1.165) is 0 Å². The van der Waals surface area contributed by atoms with Gasteiger partial charge in [-0.15, -0.1) is 5.10 Å². The molecule has 1 aromatic rings. The summed E-state index contributed by atoms with van der Waals surface area (Å²) in [6.45, 7) is 0. The second-order valence-electron chi connectivity index (χ2n) is 1.53. The Morgan fingerprint density at radius 2 is 2.33 bits per heavy atom. The molecule has 0 amide bonds. The van der Waals surface area contributed by atoms with Crippen LogP contribution in [0, 0.1) is 5.41 Å². The molecule has 5 nitrogen and oxygen atoms in total. The summed E-state index contributed by atoms with van der Waals surface area (Å²) in [5, 5.41) is 18.9. The van der Waals surface area contributed by atoms with Crippen LogP contribution < -0.4 is 11.2 Å². The Kier molecular flexibility index (Phi) is 1.11. The largest absolute Gasteiger partial charge is 0.410 e. The summed E-state index contributed by atoms with van der Waals surface area (Å²) in [6.07, 6.45) is 0. The lowest BCUT2D eigenvalue weighted by Gasteiger charge is -1.94. The van der Waals surface area contributed by atoms with Crippen molar-refractivity contribution >= 4 is 5.82 Å². The molecule has 1 rings (SSSR count). The van der Waals surface area contributed by atoms with E-state index in [-0.39, 0.29) is 11.3 Å². The van der Waals surface area contributed by atoms with Crippen LogP contribution in [0.25, 0.3) is 0 Å². The van der Waals surface area contributed by atoms with Crippen molar-refractivity contribution in [2.75, 3.05) is 5.73 Å². The molecule has 0 radical (unpaired) electrons. The van der Waals surface area contributed by atoms with Gasteiger partial charge in [0.2, 0.25) is 0 Å². The molecule has 0 fully saturated rings. The fraction of sp³-hybridized carbons (Fsp3) is 0. The highest BCUT2D eigenvalue weighted by Gasteiger charge is 1.87. The summed E-state index contributed by atoms with van der Waals surface area (Å²) in [5.74, 6) is 0.188. The number of nitrogens with two attached hydrogens (primary N) is 1. The van der Waals surface area contributed by atoms with Gasteiger partial charge in [-0.25, -0.2) is 0 Å². The SMILES string of the molecule is N=c1ccc(N)nn1O. The van der Waals surface area contributed by atoms with Gasteiger partial charge in [-0.3, -0.25) is 5.41 Å². The topological polar surface area (TPSA) is 87.9 Å². The lowest BCUT2D eigenvalue weighted by Crippen LogP contribution is -2.19. The fourth-order valence-electron chi connectivity index (χ4n) is 0.428. The zero-order valence-corrected chi connectivity index (χ0v) is 4.57. The van der Waals surface area contributed by atoms with E-state index in [1.807, 2.05) is 0 Å². The Balaban J connectivity index is 3.34. The summed E-state index contributed by atoms with van der Waals surface area (Å²) >= 11 is 0. The smallest absolute Gasteiger partial charge is 0.182 e. The van der Waals surface area contributed by atoms with Crippen LogP contribution in [0.2, 0.25) is 0 Å². The molecular formula is C4H6N4O. The molecule has 0 atom stereocenters. The number of nitrogen functional groups attached to an aromatic ring is 1. The molecule has 0 saturated carbocycles. The fourth-order valence-corrected chi connectivity index (χ4v) is 0.428. The van der Waals surface area contributed by atoms with Crippen molar-refractivity contribution in [3.8, 4) is 0 Å². The summed E-state index contributed by atoms with van der Waals surface area (Å²) < 4.78 is 0. The van der Waals surface area contributed by atoms with Crippen molar-refractivity contribution in [3.05, 3.63) is 17.6 Å². The number of rotatable bonds is 0. The molecule has 4 N–H and O–H groups in total. The van der Waals surface area contributed by atoms with Gasteiger partial charge in [0.1, 0.15) is 5.82 Å². The minimum atomic E-state index is -0.0933. The van der Waals surface area contributed by atoms with Crippen molar-refractivity contribution < 1.29 is 5.21 Å². The minimum absolute atomic E-state index is 0.0933. The highest BCUT2D eigenvalue weighted by atomic mass is 16.5. The maximum atomic E-state index is 8.64. The number of anilines is 1. The van der Waals surface area contributed by atoms with Crippen molar-refractivity contribution in [2.24, 2.45) is 0 Å². The Bertz CT molecular complexity index is 266. The van der Waals surface area contributed by atoms with Crippen LogP contribution in [-0.4, -0.2) is 15.2 Å². The van der Waals surface area contributed by atoms with Gasteiger partial charge in [-0.2, -0.15) is 0 Å². The van der Waals surface area contributed by atoms with Gasteiger partial charge in [0, 0.05) is 0 Å². The number of hydrogen-bond donors (Lipinski definition) is 3. The Morgan fingerprint density at radius 1 is 1.67 bits per heavy atom. The molecular weight excluding hydrogens is 120 g/mol. The Morgan fingerprint density at radius 3 is 2.78 bits per heavy atom. The highest BCUT2D eigenvalue weighted by Crippen LogP contribution is 1.84. The number of nitrogens with one attached hydrogen (secondary N) is 1. The van der Waals surface area contributed by atoms with Crippen molar-refractivity contribution in [1.29, 1.82) is 5.41 Å². The summed E-state index contributed by atoms with van der Waals surface area (Å²) in [7, 11) is 0. The average molecular weight is 126 g/mol. The third kappa shape index (κ3) is 0.987. The van der Waals surface area contributed by atoms with Crippen molar-refractivity contribution in [2.45, 2.75) is 0 Å². The van der Waals surface area contributed by atoms with Crippen LogP contribution in [0.4, 0.5) is 5.82 Å². The van der Waals surface area contributed by atoms with Gasteiger partial charge in [0.05, 0.1) is 0 Å². The lowest BCUT2D eigenvalue weighted by molar-refractivity contribution is 0.131. The summed E-state index contributed by atoms with van der Waals surface area (Å²) in [5.41, 5.74) is 5.06. The van der Waals surface area contributed by atoms with Crippen molar-refractivity contribution in [3.63, 3.8) is 0 Å². The third-order valence-corrected chi connectivity index (χ3v) is 0.838. The van der Waals surface area contributed by atoms with E-state index < -0.39 is 0 Å². The molecule has 5 heteroatoms. The zero-order chi connectivity index (χ0) is 6.85. The normalized spacial score (nSPS) is 9.33. The van der Waals surface area contributed by atoms with Crippen LogP contribution in [0.3, 0.4) is 0 Å². The van der Waals surface area contributed by atoms with E-state index in [2.05, 4.69) is 5.10 Å². The number of nitrogens with zero attached hydrogens (tertiary/aromatic N) is 2. The van der Waals surface area contributed by atoms with Crippen molar-refractivity contribution in [1.82, 2.24) is 9.94 Å². The molecule has 0 aliphatic heterocycles. The van der Waals surface area contributed by atoms with Crippen LogP contribution >= 0.6 is 0 Å². The van der Waals surface area contributed by atoms with Crippen LogP contribution in [0.1, 0.15) is 0 Å². The van der Waals surface area contributed by atoms with Crippen LogP contribution in [-0.2, 0) is 0 Å². The molecule has 0 saturated heterocycles. The first kappa shape index (κ1) is 5.61. The molecule has 0 bridgehead atoms. The van der Waals surface area contributed by atoms with Gasteiger partial charge in [-0.1, -0.05) is 4.85 Å². The average Bonchev–Trinajstić information content (AvgIpc) is 1.80. The van der Waals surface area contributed by atoms with Gasteiger partial charge < -0.3 is 10.9 Å². The van der Waals surface area contributed by atoms with E-state index in [9.17, 15) is 0 Å². The summed E-state index contributed by atoms with van der Waals surface area (Å²) in [6, 6.07) is 2.79. The minimum Gasteiger partial charge on any atom is -0.410 e. The van der Waals surface area contributed by atoms with E-state index in [0.29, 0.717) is 4.85 Å². The van der Waals surface area contributed by atoms with Gasteiger partial charge in [0.25, 0.3) is 0 Å². The number of aromatic nitrogens is 2. The first-order valence-corrected chi connectivity index (χ1v) is 2.30. The third-order valence-electron chi connectivity index (χ3n) is 0.838. The predicted molar refractivity (Wildman–Crippen MR) is 29.7 cm³/mol. The molecule has 1 aromatic heterocycles. The van der Waals surface area contributed by atoms with Gasteiger partial charge in [0.15, 0.2) is 5.49 Å². The molecule has 1 heterocycles. The first-order chi connectivity index (χ1) is 4.20. The summed E-state index contributed by atoms with van der Waals surface area (Å²) in [4.78, 5) is 0.412. The standard InChI is InChI=1S/C4H6N4O/c5-3-1-2-4(6)8(9)7-3/h1-2,6,9H,(H2,5,7). The molecule has 0 aliphatic carbocycles. The molecule has 48 valence electrons. The lowest BCUT2D eigenvalue weighted by atomic mass is 10.5. The molecule has 0 aromatic carbocycles. The first-order valence-electron chi connectivity index (χ1n) is 2.30. The maximum absolute atomic E-state index is 8.64.